The fraction of sp³-hybridized carbons (Fsp3) is 0.111. The molecule has 0 aliphatic carbocycles. The second-order valence-corrected chi connectivity index (χ2v) is 4.76. The van der Waals surface area contributed by atoms with E-state index in [9.17, 15) is 4.79 Å². The summed E-state index contributed by atoms with van der Waals surface area (Å²) in [5.74, 6) is 1.55. The minimum absolute atomic E-state index is 0.104. The number of nitrogens with zero attached hydrogens (tertiary/aromatic N) is 1. The van der Waals surface area contributed by atoms with Crippen molar-refractivity contribution in [1.29, 1.82) is 0 Å². The summed E-state index contributed by atoms with van der Waals surface area (Å²) in [6.07, 6.45) is 3.04. The molecule has 78 valence electrons. The van der Waals surface area contributed by atoms with E-state index in [0.29, 0.717) is 9.32 Å². The third kappa shape index (κ3) is 2.63. The van der Waals surface area contributed by atoms with Crippen LogP contribution < -0.4 is 5.56 Å². The summed E-state index contributed by atoms with van der Waals surface area (Å²) < 4.78 is 5.81. The summed E-state index contributed by atoms with van der Waals surface area (Å²) in [5.41, 5.74) is -0.104. The van der Waals surface area contributed by atoms with Crippen LogP contribution in [0.5, 0.6) is 0 Å². The molecule has 0 aliphatic rings. The van der Waals surface area contributed by atoms with Crippen LogP contribution in [0.1, 0.15) is 5.76 Å². The van der Waals surface area contributed by atoms with Crippen molar-refractivity contribution >= 4 is 34.4 Å². The van der Waals surface area contributed by atoms with Gasteiger partial charge in [-0.05, 0) is 34.7 Å². The first kappa shape index (κ1) is 10.7. The SMILES string of the molecule is O=c1[nH]cnc(SCc2ccco2)c1I. The molecular formula is C9H7IN2O2S. The maximum Gasteiger partial charge on any atom is 0.265 e. The van der Waals surface area contributed by atoms with E-state index in [-0.39, 0.29) is 5.56 Å². The summed E-state index contributed by atoms with van der Waals surface area (Å²) in [6.45, 7) is 0. The smallest absolute Gasteiger partial charge is 0.265 e. The molecular weight excluding hydrogens is 327 g/mol. The van der Waals surface area contributed by atoms with Gasteiger partial charge in [0.2, 0.25) is 0 Å². The van der Waals surface area contributed by atoms with Gasteiger partial charge in [-0.15, -0.1) is 0 Å². The number of hydrogen-bond acceptors (Lipinski definition) is 4. The highest BCUT2D eigenvalue weighted by atomic mass is 127. The third-order valence-corrected chi connectivity index (χ3v) is 4.07. The highest BCUT2D eigenvalue weighted by Gasteiger charge is 2.06. The van der Waals surface area contributed by atoms with Crippen molar-refractivity contribution in [2.75, 3.05) is 0 Å². The van der Waals surface area contributed by atoms with Crippen LogP contribution in [0, 0.1) is 3.57 Å². The molecule has 0 atom stereocenters. The number of aromatic amines is 1. The van der Waals surface area contributed by atoms with Gasteiger partial charge in [0, 0.05) is 0 Å². The molecule has 1 N–H and O–H groups in total. The number of furan rings is 1. The summed E-state index contributed by atoms with van der Waals surface area (Å²) in [4.78, 5) is 17.9. The average molecular weight is 334 g/mol. The minimum Gasteiger partial charge on any atom is -0.468 e. The van der Waals surface area contributed by atoms with E-state index in [4.69, 9.17) is 4.42 Å². The largest absolute Gasteiger partial charge is 0.468 e. The zero-order chi connectivity index (χ0) is 10.7. The van der Waals surface area contributed by atoms with Crippen molar-refractivity contribution in [3.05, 3.63) is 44.4 Å². The van der Waals surface area contributed by atoms with Crippen molar-refractivity contribution in [1.82, 2.24) is 9.97 Å². The van der Waals surface area contributed by atoms with Crippen LogP contribution in [0.3, 0.4) is 0 Å². The summed E-state index contributed by atoms with van der Waals surface area (Å²) in [5, 5.41) is 0.732. The first-order valence-electron chi connectivity index (χ1n) is 4.16. The number of hydrogen-bond donors (Lipinski definition) is 1. The summed E-state index contributed by atoms with van der Waals surface area (Å²) in [7, 11) is 0. The second kappa shape index (κ2) is 4.84. The number of H-pyrrole nitrogens is 1. The molecule has 0 bridgehead atoms. The van der Waals surface area contributed by atoms with Gasteiger partial charge in [0.15, 0.2) is 0 Å². The van der Waals surface area contributed by atoms with Gasteiger partial charge in [-0.25, -0.2) is 4.98 Å². The molecule has 0 unspecified atom stereocenters. The maximum atomic E-state index is 11.3. The number of rotatable bonds is 3. The first-order valence-corrected chi connectivity index (χ1v) is 6.22. The van der Waals surface area contributed by atoms with Crippen LogP contribution in [0.25, 0.3) is 0 Å². The predicted octanol–water partition coefficient (Wildman–Crippen LogP) is 2.26. The number of nitrogens with one attached hydrogen (secondary N) is 1. The van der Waals surface area contributed by atoms with Crippen molar-refractivity contribution in [3.8, 4) is 0 Å². The molecule has 4 nitrogen and oxygen atoms in total. The Kier molecular flexibility index (Phi) is 3.47. The van der Waals surface area contributed by atoms with E-state index < -0.39 is 0 Å². The first-order chi connectivity index (χ1) is 7.27. The lowest BCUT2D eigenvalue weighted by Gasteiger charge is -1.99. The van der Waals surface area contributed by atoms with Crippen LogP contribution in [0.15, 0.2) is 39.0 Å². The molecule has 15 heavy (non-hydrogen) atoms. The van der Waals surface area contributed by atoms with Gasteiger partial charge in [-0.3, -0.25) is 4.79 Å². The van der Waals surface area contributed by atoms with Crippen LogP contribution in [0.4, 0.5) is 0 Å². The van der Waals surface area contributed by atoms with Gasteiger partial charge in [-0.2, -0.15) is 0 Å². The topological polar surface area (TPSA) is 58.9 Å². The molecule has 0 saturated heterocycles. The zero-order valence-electron chi connectivity index (χ0n) is 7.57. The molecule has 0 spiro atoms. The molecule has 0 fully saturated rings. The van der Waals surface area contributed by atoms with E-state index >= 15 is 0 Å². The summed E-state index contributed by atoms with van der Waals surface area (Å²) in [6, 6.07) is 3.74. The van der Waals surface area contributed by atoms with Crippen LogP contribution >= 0.6 is 34.4 Å². The predicted molar refractivity (Wildman–Crippen MR) is 65.8 cm³/mol. The molecule has 2 heterocycles. The van der Waals surface area contributed by atoms with Crippen LogP contribution in [-0.4, -0.2) is 9.97 Å². The van der Waals surface area contributed by atoms with E-state index in [1.165, 1.54) is 18.1 Å². The molecule has 0 saturated carbocycles. The molecule has 2 rings (SSSR count). The lowest BCUT2D eigenvalue weighted by Crippen LogP contribution is -2.11. The molecule has 0 aliphatic heterocycles. The molecule has 0 amide bonds. The van der Waals surface area contributed by atoms with Gasteiger partial charge in [-0.1, -0.05) is 11.8 Å². The Labute approximate surface area is 104 Å². The van der Waals surface area contributed by atoms with E-state index in [1.54, 1.807) is 6.26 Å². The molecule has 0 aromatic carbocycles. The normalized spacial score (nSPS) is 10.5. The fourth-order valence-corrected chi connectivity index (χ4v) is 2.55. The molecule has 2 aromatic heterocycles. The van der Waals surface area contributed by atoms with Crippen LogP contribution in [0.2, 0.25) is 0 Å². The monoisotopic (exact) mass is 334 g/mol. The Balaban J connectivity index is 2.12. The Morgan fingerprint density at radius 1 is 1.60 bits per heavy atom. The van der Waals surface area contributed by atoms with Crippen molar-refractivity contribution in [2.24, 2.45) is 0 Å². The quantitative estimate of drug-likeness (QED) is 0.531. The Bertz CT molecular complexity index is 495. The second-order valence-electron chi connectivity index (χ2n) is 2.72. The minimum atomic E-state index is -0.104. The standard InChI is InChI=1S/C9H7IN2O2S/c10-7-8(13)11-5-12-9(7)15-4-6-2-1-3-14-6/h1-3,5H,4H2,(H,11,12,13). The Hall–Kier alpha value is -0.760. The zero-order valence-corrected chi connectivity index (χ0v) is 10.5. The highest BCUT2D eigenvalue weighted by Crippen LogP contribution is 2.22. The number of aromatic nitrogens is 2. The van der Waals surface area contributed by atoms with Gasteiger partial charge >= 0.3 is 0 Å². The van der Waals surface area contributed by atoms with E-state index in [1.807, 2.05) is 34.7 Å². The van der Waals surface area contributed by atoms with E-state index in [2.05, 4.69) is 9.97 Å². The number of halogens is 1. The van der Waals surface area contributed by atoms with E-state index in [0.717, 1.165) is 10.8 Å². The molecule has 2 aromatic rings. The highest BCUT2D eigenvalue weighted by molar-refractivity contribution is 14.1. The van der Waals surface area contributed by atoms with Gasteiger partial charge < -0.3 is 9.40 Å². The Morgan fingerprint density at radius 3 is 3.20 bits per heavy atom. The molecule has 6 heteroatoms. The van der Waals surface area contributed by atoms with Gasteiger partial charge in [0.1, 0.15) is 14.4 Å². The lowest BCUT2D eigenvalue weighted by molar-refractivity contribution is 0.530. The van der Waals surface area contributed by atoms with Gasteiger partial charge in [0.25, 0.3) is 5.56 Å². The van der Waals surface area contributed by atoms with Crippen molar-refractivity contribution in [2.45, 2.75) is 10.8 Å². The van der Waals surface area contributed by atoms with Crippen LogP contribution in [-0.2, 0) is 5.75 Å². The third-order valence-electron chi connectivity index (χ3n) is 1.70. The molecule has 0 radical (unpaired) electrons. The van der Waals surface area contributed by atoms with Crippen molar-refractivity contribution in [3.63, 3.8) is 0 Å². The fourth-order valence-electron chi connectivity index (χ4n) is 1.00. The average Bonchev–Trinajstić information content (AvgIpc) is 2.73. The Morgan fingerprint density at radius 2 is 2.47 bits per heavy atom. The lowest BCUT2D eigenvalue weighted by atomic mass is 10.5. The maximum absolute atomic E-state index is 11.3. The number of thioether (sulfide) groups is 1. The summed E-state index contributed by atoms with van der Waals surface area (Å²) >= 11 is 3.48. The van der Waals surface area contributed by atoms with Crippen molar-refractivity contribution < 1.29 is 4.42 Å². The van der Waals surface area contributed by atoms with Gasteiger partial charge in [0.05, 0.1) is 18.3 Å².